The Balaban J connectivity index is 1.67. The Kier molecular flexibility index (Phi) is 5.40. The maximum absolute atomic E-state index is 12.6. The van der Waals surface area contributed by atoms with E-state index < -0.39 is 12.0 Å². The SMILES string of the molecule is COC(=O)c1ccc(NC(=O)C2CSCN2C(=O)c2cccs2)cc1. The van der Waals surface area contributed by atoms with Crippen molar-refractivity contribution in [3.05, 3.63) is 52.2 Å². The van der Waals surface area contributed by atoms with Gasteiger partial charge in [-0.05, 0) is 35.7 Å². The Labute approximate surface area is 153 Å². The first-order valence-electron chi connectivity index (χ1n) is 7.51. The van der Waals surface area contributed by atoms with Gasteiger partial charge in [-0.3, -0.25) is 9.59 Å². The second kappa shape index (κ2) is 7.71. The maximum atomic E-state index is 12.6. The predicted octanol–water partition coefficient (Wildman–Crippen LogP) is 2.69. The zero-order valence-corrected chi connectivity index (χ0v) is 15.1. The van der Waals surface area contributed by atoms with Crippen LogP contribution in [0, 0.1) is 0 Å². The molecular formula is C17H16N2O4S2. The predicted molar refractivity (Wildman–Crippen MR) is 98.0 cm³/mol. The van der Waals surface area contributed by atoms with Crippen molar-refractivity contribution in [3.8, 4) is 0 Å². The fraction of sp³-hybridized carbons (Fsp3) is 0.235. The second-order valence-corrected chi connectivity index (χ2v) is 7.27. The van der Waals surface area contributed by atoms with E-state index in [1.165, 1.54) is 18.4 Å². The molecule has 8 heteroatoms. The molecule has 1 aliphatic heterocycles. The van der Waals surface area contributed by atoms with E-state index in [2.05, 4.69) is 10.1 Å². The number of hydrogen-bond acceptors (Lipinski definition) is 6. The van der Waals surface area contributed by atoms with E-state index in [0.29, 0.717) is 27.8 Å². The van der Waals surface area contributed by atoms with Crippen LogP contribution in [-0.4, -0.2) is 47.5 Å². The number of carbonyl (C=O) groups is 3. The molecule has 3 rings (SSSR count). The van der Waals surface area contributed by atoms with Crippen molar-refractivity contribution in [1.82, 2.24) is 4.90 Å². The summed E-state index contributed by atoms with van der Waals surface area (Å²) in [6.07, 6.45) is 0. The third kappa shape index (κ3) is 3.85. The number of esters is 1. The number of ether oxygens (including phenoxy) is 1. The average Bonchev–Trinajstić information content (AvgIpc) is 3.32. The molecule has 1 aromatic carbocycles. The van der Waals surface area contributed by atoms with Gasteiger partial charge in [0.05, 0.1) is 23.4 Å². The lowest BCUT2D eigenvalue weighted by Crippen LogP contribution is -2.44. The van der Waals surface area contributed by atoms with E-state index in [4.69, 9.17) is 0 Å². The van der Waals surface area contributed by atoms with Gasteiger partial charge in [0, 0.05) is 11.4 Å². The van der Waals surface area contributed by atoms with Crippen LogP contribution < -0.4 is 5.32 Å². The molecule has 0 aliphatic carbocycles. The molecule has 2 aromatic rings. The van der Waals surface area contributed by atoms with Gasteiger partial charge in [0.2, 0.25) is 5.91 Å². The van der Waals surface area contributed by atoms with E-state index in [9.17, 15) is 14.4 Å². The molecule has 6 nitrogen and oxygen atoms in total. The Morgan fingerprint density at radius 3 is 2.60 bits per heavy atom. The minimum atomic E-state index is -0.514. The molecule has 1 unspecified atom stereocenters. The van der Waals surface area contributed by atoms with Gasteiger partial charge < -0.3 is 15.0 Å². The van der Waals surface area contributed by atoms with Gasteiger partial charge in [0.15, 0.2) is 0 Å². The number of amides is 2. The molecule has 0 radical (unpaired) electrons. The first-order valence-corrected chi connectivity index (χ1v) is 9.55. The highest BCUT2D eigenvalue weighted by Crippen LogP contribution is 2.25. The van der Waals surface area contributed by atoms with Crippen LogP contribution in [0.25, 0.3) is 0 Å². The number of nitrogens with zero attached hydrogens (tertiary/aromatic N) is 1. The van der Waals surface area contributed by atoms with Crippen molar-refractivity contribution < 1.29 is 19.1 Å². The van der Waals surface area contributed by atoms with E-state index in [1.807, 2.05) is 11.4 Å². The zero-order chi connectivity index (χ0) is 17.8. The van der Waals surface area contributed by atoms with Crippen molar-refractivity contribution in [2.45, 2.75) is 6.04 Å². The van der Waals surface area contributed by atoms with Crippen molar-refractivity contribution in [2.75, 3.05) is 24.1 Å². The van der Waals surface area contributed by atoms with Crippen LogP contribution in [0.2, 0.25) is 0 Å². The number of carbonyl (C=O) groups excluding carboxylic acids is 3. The molecule has 1 aromatic heterocycles. The molecule has 0 bridgehead atoms. The van der Waals surface area contributed by atoms with Crippen molar-refractivity contribution in [1.29, 1.82) is 0 Å². The number of thiophene rings is 1. The number of methoxy groups -OCH3 is 1. The topological polar surface area (TPSA) is 75.7 Å². The molecule has 0 saturated carbocycles. The smallest absolute Gasteiger partial charge is 0.337 e. The molecule has 1 N–H and O–H groups in total. The number of thioether (sulfide) groups is 1. The van der Waals surface area contributed by atoms with Gasteiger partial charge in [-0.15, -0.1) is 23.1 Å². The number of hydrogen-bond donors (Lipinski definition) is 1. The van der Waals surface area contributed by atoms with Gasteiger partial charge in [-0.2, -0.15) is 0 Å². The highest BCUT2D eigenvalue weighted by atomic mass is 32.2. The van der Waals surface area contributed by atoms with Crippen LogP contribution >= 0.6 is 23.1 Å². The summed E-state index contributed by atoms with van der Waals surface area (Å²) in [5.41, 5.74) is 0.976. The highest BCUT2D eigenvalue weighted by molar-refractivity contribution is 7.99. The fourth-order valence-corrected chi connectivity index (χ4v) is 4.27. The van der Waals surface area contributed by atoms with E-state index in [1.54, 1.807) is 47.0 Å². The van der Waals surface area contributed by atoms with Crippen LogP contribution in [0.5, 0.6) is 0 Å². The molecular weight excluding hydrogens is 360 g/mol. The molecule has 1 saturated heterocycles. The average molecular weight is 376 g/mol. The number of rotatable bonds is 4. The molecule has 2 amide bonds. The molecule has 0 spiro atoms. The third-order valence-electron chi connectivity index (χ3n) is 3.75. The molecule has 1 fully saturated rings. The lowest BCUT2D eigenvalue weighted by Gasteiger charge is -2.22. The van der Waals surface area contributed by atoms with Crippen molar-refractivity contribution in [3.63, 3.8) is 0 Å². The van der Waals surface area contributed by atoms with Gasteiger partial charge in [-0.25, -0.2) is 4.79 Å². The van der Waals surface area contributed by atoms with E-state index in [0.717, 1.165) is 0 Å². The van der Waals surface area contributed by atoms with Crippen LogP contribution in [0.4, 0.5) is 5.69 Å². The lowest BCUT2D eigenvalue weighted by atomic mass is 10.2. The lowest BCUT2D eigenvalue weighted by molar-refractivity contribution is -0.119. The summed E-state index contributed by atoms with van der Waals surface area (Å²) in [6.45, 7) is 0. The van der Waals surface area contributed by atoms with Crippen LogP contribution in [0.1, 0.15) is 20.0 Å². The number of anilines is 1. The van der Waals surface area contributed by atoms with Crippen molar-refractivity contribution >= 4 is 46.6 Å². The van der Waals surface area contributed by atoms with Gasteiger partial charge in [0.1, 0.15) is 6.04 Å². The molecule has 1 aliphatic rings. The number of nitrogens with one attached hydrogen (secondary N) is 1. The molecule has 130 valence electrons. The Morgan fingerprint density at radius 2 is 1.96 bits per heavy atom. The fourth-order valence-electron chi connectivity index (χ4n) is 2.43. The van der Waals surface area contributed by atoms with E-state index >= 15 is 0 Å². The Hall–Kier alpha value is -2.32. The minimum Gasteiger partial charge on any atom is -0.465 e. The first-order chi connectivity index (χ1) is 12.1. The van der Waals surface area contributed by atoms with Crippen LogP contribution in [0.3, 0.4) is 0 Å². The quantitative estimate of drug-likeness (QED) is 0.831. The normalized spacial score (nSPS) is 16.5. The largest absolute Gasteiger partial charge is 0.465 e. The maximum Gasteiger partial charge on any atom is 0.337 e. The Bertz CT molecular complexity index is 774. The second-order valence-electron chi connectivity index (χ2n) is 5.33. The Morgan fingerprint density at radius 1 is 1.20 bits per heavy atom. The zero-order valence-electron chi connectivity index (χ0n) is 13.4. The molecule has 25 heavy (non-hydrogen) atoms. The van der Waals surface area contributed by atoms with Gasteiger partial charge >= 0.3 is 5.97 Å². The third-order valence-corrected chi connectivity index (χ3v) is 5.62. The summed E-state index contributed by atoms with van der Waals surface area (Å²) in [5.74, 6) is 0.263. The van der Waals surface area contributed by atoms with Crippen LogP contribution in [-0.2, 0) is 9.53 Å². The summed E-state index contributed by atoms with van der Waals surface area (Å²) >= 11 is 2.92. The highest BCUT2D eigenvalue weighted by Gasteiger charge is 2.35. The summed E-state index contributed by atoms with van der Waals surface area (Å²) in [6, 6.07) is 9.50. The monoisotopic (exact) mass is 376 g/mol. The van der Waals surface area contributed by atoms with Crippen molar-refractivity contribution in [2.24, 2.45) is 0 Å². The minimum absolute atomic E-state index is 0.124. The first kappa shape index (κ1) is 17.5. The standard InChI is InChI=1S/C17H16N2O4S2/c1-23-17(22)11-4-6-12(7-5-11)18-15(20)13-9-24-10-19(13)16(21)14-3-2-8-25-14/h2-8,13H,9-10H2,1H3,(H,18,20). The number of benzene rings is 1. The molecule has 1 atom stereocenters. The van der Waals surface area contributed by atoms with Crippen LogP contribution in [0.15, 0.2) is 41.8 Å². The van der Waals surface area contributed by atoms with Gasteiger partial charge in [-0.1, -0.05) is 6.07 Å². The summed E-state index contributed by atoms with van der Waals surface area (Å²) in [5, 5.41) is 4.64. The molecule has 2 heterocycles. The summed E-state index contributed by atoms with van der Waals surface area (Å²) in [4.78, 5) is 38.7. The van der Waals surface area contributed by atoms with E-state index in [-0.39, 0.29) is 11.8 Å². The van der Waals surface area contributed by atoms with Gasteiger partial charge in [0.25, 0.3) is 5.91 Å². The summed E-state index contributed by atoms with van der Waals surface area (Å²) in [7, 11) is 1.31. The summed E-state index contributed by atoms with van der Waals surface area (Å²) < 4.78 is 4.64.